The molecular formula is C12H25NO2. The van der Waals surface area contributed by atoms with Gasteiger partial charge in [-0.1, -0.05) is 13.8 Å². The molecule has 1 rings (SSSR count). The number of ether oxygens (including phenoxy) is 2. The predicted molar refractivity (Wildman–Crippen MR) is 62.1 cm³/mol. The van der Waals surface area contributed by atoms with Crippen LogP contribution >= 0.6 is 0 Å². The Bertz CT molecular complexity index is 145. The summed E-state index contributed by atoms with van der Waals surface area (Å²) in [6, 6.07) is 0. The van der Waals surface area contributed by atoms with E-state index in [1.54, 1.807) is 0 Å². The largest absolute Gasteiger partial charge is 0.381 e. The van der Waals surface area contributed by atoms with Gasteiger partial charge in [0.2, 0.25) is 0 Å². The second-order valence-corrected chi connectivity index (χ2v) is 4.76. The molecule has 3 nitrogen and oxygen atoms in total. The van der Waals surface area contributed by atoms with Gasteiger partial charge in [0.1, 0.15) is 0 Å². The summed E-state index contributed by atoms with van der Waals surface area (Å²) in [4.78, 5) is 0. The van der Waals surface area contributed by atoms with Crippen molar-refractivity contribution in [1.29, 1.82) is 0 Å². The van der Waals surface area contributed by atoms with Crippen LogP contribution in [-0.2, 0) is 9.47 Å². The Hall–Kier alpha value is -0.120. The Morgan fingerprint density at radius 2 is 2.33 bits per heavy atom. The number of hydrogen-bond acceptors (Lipinski definition) is 3. The molecule has 0 aromatic carbocycles. The second kappa shape index (κ2) is 8.08. The van der Waals surface area contributed by atoms with Gasteiger partial charge in [0, 0.05) is 19.1 Å². The summed E-state index contributed by atoms with van der Waals surface area (Å²) >= 11 is 0. The predicted octanol–water partition coefficient (Wildman–Crippen LogP) is 1.68. The summed E-state index contributed by atoms with van der Waals surface area (Å²) in [7, 11) is 0. The zero-order chi connectivity index (χ0) is 10.9. The molecule has 1 fully saturated rings. The normalized spacial score (nSPS) is 21.4. The third kappa shape index (κ3) is 6.88. The van der Waals surface area contributed by atoms with Crippen LogP contribution in [0.1, 0.15) is 26.7 Å². The lowest BCUT2D eigenvalue weighted by molar-refractivity contribution is 0.0882. The highest BCUT2D eigenvalue weighted by Gasteiger charge is 2.14. The van der Waals surface area contributed by atoms with Crippen molar-refractivity contribution >= 4 is 0 Å². The molecule has 0 aromatic heterocycles. The van der Waals surface area contributed by atoms with Crippen molar-refractivity contribution in [2.75, 3.05) is 39.5 Å². The Kier molecular flexibility index (Phi) is 6.98. The van der Waals surface area contributed by atoms with E-state index in [0.717, 1.165) is 51.9 Å². The first-order chi connectivity index (χ1) is 7.29. The van der Waals surface area contributed by atoms with E-state index < -0.39 is 0 Å². The van der Waals surface area contributed by atoms with E-state index in [0.29, 0.717) is 5.92 Å². The topological polar surface area (TPSA) is 30.5 Å². The molecule has 90 valence electrons. The summed E-state index contributed by atoms with van der Waals surface area (Å²) < 4.78 is 10.9. The van der Waals surface area contributed by atoms with E-state index in [1.165, 1.54) is 6.42 Å². The van der Waals surface area contributed by atoms with Gasteiger partial charge < -0.3 is 14.8 Å². The number of nitrogens with one attached hydrogen (secondary N) is 1. The SMILES string of the molecule is CC(C)CNCCCOCC1CCOC1. The monoisotopic (exact) mass is 215 g/mol. The lowest BCUT2D eigenvalue weighted by Gasteiger charge is -2.09. The first kappa shape index (κ1) is 12.9. The molecule has 1 unspecified atom stereocenters. The molecule has 15 heavy (non-hydrogen) atoms. The third-order valence-electron chi connectivity index (χ3n) is 2.57. The Morgan fingerprint density at radius 3 is 3.00 bits per heavy atom. The summed E-state index contributed by atoms with van der Waals surface area (Å²) in [6.07, 6.45) is 2.28. The molecule has 0 spiro atoms. The standard InChI is InChI=1S/C12H25NO2/c1-11(2)8-13-5-3-6-14-9-12-4-7-15-10-12/h11-13H,3-10H2,1-2H3. The minimum absolute atomic E-state index is 0.647. The van der Waals surface area contributed by atoms with E-state index >= 15 is 0 Å². The fourth-order valence-corrected chi connectivity index (χ4v) is 1.65. The quantitative estimate of drug-likeness (QED) is 0.625. The van der Waals surface area contributed by atoms with E-state index in [2.05, 4.69) is 19.2 Å². The fourth-order valence-electron chi connectivity index (χ4n) is 1.65. The maximum Gasteiger partial charge on any atom is 0.0517 e. The second-order valence-electron chi connectivity index (χ2n) is 4.76. The van der Waals surface area contributed by atoms with Crippen LogP contribution in [0.3, 0.4) is 0 Å². The molecule has 3 heteroatoms. The minimum atomic E-state index is 0.647. The maximum absolute atomic E-state index is 5.60. The van der Waals surface area contributed by atoms with Gasteiger partial charge in [-0.2, -0.15) is 0 Å². The molecule has 0 bridgehead atoms. The molecule has 1 atom stereocenters. The average Bonchev–Trinajstić information content (AvgIpc) is 2.68. The Labute approximate surface area is 93.5 Å². The molecule has 1 N–H and O–H groups in total. The summed E-state index contributed by atoms with van der Waals surface area (Å²) in [5, 5.41) is 3.41. The molecule has 0 radical (unpaired) electrons. The van der Waals surface area contributed by atoms with Gasteiger partial charge in [-0.05, 0) is 31.8 Å². The molecule has 1 heterocycles. The Morgan fingerprint density at radius 1 is 1.47 bits per heavy atom. The number of hydrogen-bond donors (Lipinski definition) is 1. The molecule has 0 amide bonds. The highest BCUT2D eigenvalue weighted by atomic mass is 16.5. The van der Waals surface area contributed by atoms with Crippen molar-refractivity contribution in [3.8, 4) is 0 Å². The van der Waals surface area contributed by atoms with Crippen LogP contribution in [0, 0.1) is 11.8 Å². The van der Waals surface area contributed by atoms with Crippen LogP contribution in [-0.4, -0.2) is 39.5 Å². The summed E-state index contributed by atoms with van der Waals surface area (Å²) in [6.45, 7) is 10.2. The van der Waals surface area contributed by atoms with E-state index in [4.69, 9.17) is 9.47 Å². The molecule has 0 aromatic rings. The van der Waals surface area contributed by atoms with E-state index in [9.17, 15) is 0 Å². The van der Waals surface area contributed by atoms with Gasteiger partial charge in [-0.25, -0.2) is 0 Å². The van der Waals surface area contributed by atoms with Crippen molar-refractivity contribution in [1.82, 2.24) is 5.32 Å². The van der Waals surface area contributed by atoms with Crippen molar-refractivity contribution < 1.29 is 9.47 Å². The van der Waals surface area contributed by atoms with Crippen molar-refractivity contribution in [3.63, 3.8) is 0 Å². The minimum Gasteiger partial charge on any atom is -0.381 e. The van der Waals surface area contributed by atoms with Gasteiger partial charge in [0.05, 0.1) is 13.2 Å². The van der Waals surface area contributed by atoms with Crippen molar-refractivity contribution in [3.05, 3.63) is 0 Å². The van der Waals surface area contributed by atoms with Crippen molar-refractivity contribution in [2.24, 2.45) is 11.8 Å². The van der Waals surface area contributed by atoms with Gasteiger partial charge in [-0.3, -0.25) is 0 Å². The summed E-state index contributed by atoms with van der Waals surface area (Å²) in [5.41, 5.74) is 0. The van der Waals surface area contributed by atoms with Crippen LogP contribution in [0.4, 0.5) is 0 Å². The maximum atomic E-state index is 5.60. The molecule has 0 aliphatic carbocycles. The molecule has 0 saturated carbocycles. The first-order valence-electron chi connectivity index (χ1n) is 6.15. The van der Waals surface area contributed by atoms with Crippen LogP contribution in [0.25, 0.3) is 0 Å². The molecule has 1 aliphatic heterocycles. The van der Waals surface area contributed by atoms with Crippen LogP contribution in [0.2, 0.25) is 0 Å². The van der Waals surface area contributed by atoms with E-state index in [-0.39, 0.29) is 0 Å². The van der Waals surface area contributed by atoms with Gasteiger partial charge >= 0.3 is 0 Å². The highest BCUT2D eigenvalue weighted by Crippen LogP contribution is 2.12. The van der Waals surface area contributed by atoms with Crippen molar-refractivity contribution in [2.45, 2.75) is 26.7 Å². The zero-order valence-electron chi connectivity index (χ0n) is 10.1. The fraction of sp³-hybridized carbons (Fsp3) is 1.00. The van der Waals surface area contributed by atoms with Gasteiger partial charge in [-0.15, -0.1) is 0 Å². The lowest BCUT2D eigenvalue weighted by Crippen LogP contribution is -2.22. The lowest BCUT2D eigenvalue weighted by atomic mass is 10.1. The average molecular weight is 215 g/mol. The van der Waals surface area contributed by atoms with Crippen LogP contribution < -0.4 is 5.32 Å². The summed E-state index contributed by atoms with van der Waals surface area (Å²) in [5.74, 6) is 1.38. The first-order valence-corrected chi connectivity index (χ1v) is 6.15. The number of rotatable bonds is 8. The van der Waals surface area contributed by atoms with Gasteiger partial charge in [0.15, 0.2) is 0 Å². The molecule has 1 saturated heterocycles. The van der Waals surface area contributed by atoms with Gasteiger partial charge in [0.25, 0.3) is 0 Å². The highest BCUT2D eigenvalue weighted by molar-refractivity contribution is 4.62. The smallest absolute Gasteiger partial charge is 0.0517 e. The van der Waals surface area contributed by atoms with Crippen LogP contribution in [0.5, 0.6) is 0 Å². The van der Waals surface area contributed by atoms with E-state index in [1.807, 2.05) is 0 Å². The van der Waals surface area contributed by atoms with Crippen LogP contribution in [0.15, 0.2) is 0 Å². The Balaban J connectivity index is 1.76. The molecular weight excluding hydrogens is 190 g/mol. The molecule has 1 aliphatic rings. The third-order valence-corrected chi connectivity index (χ3v) is 2.57. The zero-order valence-corrected chi connectivity index (χ0v) is 10.1.